The van der Waals surface area contributed by atoms with Crippen LogP contribution in [0.2, 0.25) is 15.1 Å². The van der Waals surface area contributed by atoms with Crippen LogP contribution < -0.4 is 15.5 Å². The molecule has 0 radical (unpaired) electrons. The van der Waals surface area contributed by atoms with Gasteiger partial charge in [0.2, 0.25) is 0 Å². The maximum atomic E-state index is 12.2. The van der Waals surface area contributed by atoms with Crippen LogP contribution in [0, 0.1) is 13.8 Å². The number of anilines is 1. The van der Waals surface area contributed by atoms with Crippen LogP contribution in [0.5, 0.6) is 5.75 Å². The summed E-state index contributed by atoms with van der Waals surface area (Å²) in [6.07, 6.45) is 1.39. The Balaban J connectivity index is 1.58. The molecular formula is C24H20Cl3N3O3. The number of carbonyl (C=O) groups is 2. The van der Waals surface area contributed by atoms with Crippen LogP contribution in [0.4, 0.5) is 5.69 Å². The highest BCUT2D eigenvalue weighted by Crippen LogP contribution is 2.33. The van der Waals surface area contributed by atoms with Crippen molar-refractivity contribution in [2.45, 2.75) is 13.8 Å². The summed E-state index contributed by atoms with van der Waals surface area (Å²) in [5.74, 6) is -0.563. The van der Waals surface area contributed by atoms with Crippen LogP contribution in [0.3, 0.4) is 0 Å². The number of nitrogens with one attached hydrogen (secondary N) is 2. The molecule has 3 rings (SSSR count). The van der Waals surface area contributed by atoms with Gasteiger partial charge in [0.25, 0.3) is 11.8 Å². The van der Waals surface area contributed by atoms with Crippen LogP contribution in [-0.2, 0) is 4.79 Å². The topological polar surface area (TPSA) is 79.8 Å². The van der Waals surface area contributed by atoms with Crippen LogP contribution in [-0.4, -0.2) is 24.6 Å². The molecule has 0 aliphatic carbocycles. The van der Waals surface area contributed by atoms with Gasteiger partial charge < -0.3 is 10.1 Å². The van der Waals surface area contributed by atoms with Crippen LogP contribution in [0.25, 0.3) is 0 Å². The molecule has 2 N–H and O–H groups in total. The molecule has 170 valence electrons. The largest absolute Gasteiger partial charge is 0.481 e. The number of carbonyl (C=O) groups excluding carboxylic acids is 2. The third kappa shape index (κ3) is 6.96. The van der Waals surface area contributed by atoms with Crippen molar-refractivity contribution in [2.24, 2.45) is 5.10 Å². The van der Waals surface area contributed by atoms with Gasteiger partial charge in [0.05, 0.1) is 16.3 Å². The van der Waals surface area contributed by atoms with Crippen LogP contribution >= 0.6 is 34.8 Å². The minimum atomic E-state index is -0.394. The van der Waals surface area contributed by atoms with E-state index in [1.54, 1.807) is 36.4 Å². The number of nitrogens with zero attached hydrogens (tertiary/aromatic N) is 1. The molecule has 0 saturated carbocycles. The van der Waals surface area contributed by atoms with E-state index in [-0.39, 0.29) is 28.3 Å². The lowest BCUT2D eigenvalue weighted by Gasteiger charge is -2.12. The Morgan fingerprint density at radius 3 is 2.24 bits per heavy atom. The third-order valence-corrected chi connectivity index (χ3v) is 5.46. The molecule has 0 unspecified atom stereocenters. The molecule has 0 aromatic heterocycles. The fourth-order valence-corrected chi connectivity index (χ4v) is 3.52. The van der Waals surface area contributed by atoms with Gasteiger partial charge in [0.1, 0.15) is 0 Å². The summed E-state index contributed by atoms with van der Waals surface area (Å²) in [5.41, 5.74) is 6.24. The molecule has 0 fully saturated rings. The smallest absolute Gasteiger partial charge is 0.271 e. The summed E-state index contributed by atoms with van der Waals surface area (Å²) in [6.45, 7) is 3.70. The molecule has 0 saturated heterocycles. The molecule has 0 bridgehead atoms. The minimum absolute atomic E-state index is 0.177. The Hall–Kier alpha value is -3.06. The van der Waals surface area contributed by atoms with E-state index in [2.05, 4.69) is 15.8 Å². The summed E-state index contributed by atoms with van der Waals surface area (Å²) < 4.78 is 5.52. The number of hydrogen-bond acceptors (Lipinski definition) is 4. The normalized spacial score (nSPS) is 10.8. The van der Waals surface area contributed by atoms with Crippen LogP contribution in [0.15, 0.2) is 59.7 Å². The van der Waals surface area contributed by atoms with Crippen LogP contribution in [0.1, 0.15) is 27.0 Å². The Kier molecular flexibility index (Phi) is 8.33. The maximum Gasteiger partial charge on any atom is 0.271 e. The van der Waals surface area contributed by atoms with E-state index in [9.17, 15) is 9.59 Å². The monoisotopic (exact) mass is 503 g/mol. The maximum absolute atomic E-state index is 12.2. The molecule has 0 aliphatic heterocycles. The van der Waals surface area contributed by atoms with E-state index in [0.29, 0.717) is 21.8 Å². The SMILES string of the molecule is Cc1ccc(NC(=O)COc2c(Cl)cc(/C=N/NC(=O)c3ccc(Cl)cc3)cc2Cl)cc1C. The molecular weight excluding hydrogens is 485 g/mol. The van der Waals surface area contributed by atoms with E-state index >= 15 is 0 Å². The summed E-state index contributed by atoms with van der Waals surface area (Å²) in [6, 6.07) is 15.1. The molecule has 33 heavy (non-hydrogen) atoms. The summed E-state index contributed by atoms with van der Waals surface area (Å²) in [7, 11) is 0. The lowest BCUT2D eigenvalue weighted by atomic mass is 10.1. The number of ether oxygens (including phenoxy) is 1. The number of hydrazone groups is 1. The average molecular weight is 505 g/mol. The molecule has 0 atom stereocenters. The predicted octanol–water partition coefficient (Wildman–Crippen LogP) is 6.05. The van der Waals surface area contributed by atoms with E-state index in [0.717, 1.165) is 11.1 Å². The van der Waals surface area contributed by atoms with Gasteiger partial charge in [0.15, 0.2) is 12.4 Å². The Morgan fingerprint density at radius 2 is 1.61 bits per heavy atom. The predicted molar refractivity (Wildman–Crippen MR) is 133 cm³/mol. The Labute approximate surface area is 206 Å². The van der Waals surface area contributed by atoms with Gasteiger partial charge in [-0.25, -0.2) is 5.43 Å². The van der Waals surface area contributed by atoms with Crippen molar-refractivity contribution >= 4 is 58.5 Å². The zero-order chi connectivity index (χ0) is 24.0. The number of rotatable bonds is 7. The fourth-order valence-electron chi connectivity index (χ4n) is 2.78. The first-order valence-corrected chi connectivity index (χ1v) is 10.9. The number of amides is 2. The van der Waals surface area contributed by atoms with E-state index in [1.807, 2.05) is 32.0 Å². The molecule has 0 heterocycles. The highest BCUT2D eigenvalue weighted by molar-refractivity contribution is 6.37. The fraction of sp³-hybridized carbons (Fsp3) is 0.125. The Morgan fingerprint density at radius 1 is 0.939 bits per heavy atom. The number of aryl methyl sites for hydroxylation is 2. The van der Waals surface area contributed by atoms with Crippen molar-refractivity contribution in [3.63, 3.8) is 0 Å². The molecule has 3 aromatic carbocycles. The molecule has 0 aliphatic rings. The highest BCUT2D eigenvalue weighted by Gasteiger charge is 2.12. The standard InChI is InChI=1S/C24H20Cl3N3O3/c1-14-3-8-19(9-15(14)2)29-22(31)13-33-23-20(26)10-16(11-21(23)27)12-28-30-24(32)17-4-6-18(25)7-5-17/h3-12H,13H2,1-2H3,(H,29,31)(H,30,32)/b28-12+. The van der Waals surface area contributed by atoms with Gasteiger partial charge in [-0.3, -0.25) is 9.59 Å². The number of hydrogen-bond donors (Lipinski definition) is 2. The quantitative estimate of drug-likeness (QED) is 0.304. The number of benzene rings is 3. The lowest BCUT2D eigenvalue weighted by Crippen LogP contribution is -2.20. The average Bonchev–Trinajstić information content (AvgIpc) is 2.76. The van der Waals surface area contributed by atoms with Gasteiger partial charge in [0, 0.05) is 16.3 Å². The van der Waals surface area contributed by atoms with E-state index < -0.39 is 5.91 Å². The van der Waals surface area contributed by atoms with Gasteiger partial charge in [-0.15, -0.1) is 0 Å². The van der Waals surface area contributed by atoms with Gasteiger partial charge >= 0.3 is 0 Å². The van der Waals surface area contributed by atoms with Crippen molar-refractivity contribution < 1.29 is 14.3 Å². The van der Waals surface area contributed by atoms with Gasteiger partial charge in [-0.2, -0.15) is 5.10 Å². The molecule has 2 amide bonds. The summed E-state index contributed by atoms with van der Waals surface area (Å²) in [5, 5.41) is 7.61. The van der Waals surface area contributed by atoms with Crippen molar-refractivity contribution in [2.75, 3.05) is 11.9 Å². The second-order valence-electron chi connectivity index (χ2n) is 7.16. The minimum Gasteiger partial charge on any atom is -0.481 e. The zero-order valence-electron chi connectivity index (χ0n) is 17.8. The first-order chi connectivity index (χ1) is 15.7. The molecule has 9 heteroatoms. The highest BCUT2D eigenvalue weighted by atomic mass is 35.5. The number of halogens is 3. The third-order valence-electron chi connectivity index (χ3n) is 4.65. The van der Waals surface area contributed by atoms with E-state index in [1.165, 1.54) is 6.21 Å². The summed E-state index contributed by atoms with van der Waals surface area (Å²) in [4.78, 5) is 24.3. The lowest BCUT2D eigenvalue weighted by molar-refractivity contribution is -0.118. The summed E-state index contributed by atoms with van der Waals surface area (Å²) >= 11 is 18.3. The van der Waals surface area contributed by atoms with Crippen molar-refractivity contribution in [3.05, 3.63) is 91.9 Å². The van der Waals surface area contributed by atoms with Crippen molar-refractivity contribution in [1.82, 2.24) is 5.43 Å². The second-order valence-corrected chi connectivity index (χ2v) is 8.41. The molecule has 3 aromatic rings. The zero-order valence-corrected chi connectivity index (χ0v) is 20.1. The van der Waals surface area contributed by atoms with Gasteiger partial charge in [-0.1, -0.05) is 40.9 Å². The first-order valence-electron chi connectivity index (χ1n) is 9.81. The van der Waals surface area contributed by atoms with Gasteiger partial charge in [-0.05, 0) is 79.1 Å². The van der Waals surface area contributed by atoms with Crippen molar-refractivity contribution in [3.8, 4) is 5.75 Å². The Bertz CT molecular complexity index is 1190. The molecule has 6 nitrogen and oxygen atoms in total. The molecule has 0 spiro atoms. The first kappa shape index (κ1) is 24.6. The van der Waals surface area contributed by atoms with Crippen molar-refractivity contribution in [1.29, 1.82) is 0 Å². The second kappa shape index (κ2) is 11.2. The van der Waals surface area contributed by atoms with E-state index in [4.69, 9.17) is 39.5 Å².